The maximum Gasteiger partial charge on any atom is 0.293 e. The minimum absolute atomic E-state index is 0.0292. The predicted molar refractivity (Wildman–Crippen MR) is 126 cm³/mol. The van der Waals surface area contributed by atoms with E-state index in [2.05, 4.69) is 15.8 Å². The summed E-state index contributed by atoms with van der Waals surface area (Å²) < 4.78 is 19.9. The van der Waals surface area contributed by atoms with Crippen LogP contribution in [0.15, 0.2) is 30.3 Å². The molecule has 1 aromatic heterocycles. The van der Waals surface area contributed by atoms with E-state index in [4.69, 9.17) is 16.3 Å². The molecule has 174 valence electrons. The van der Waals surface area contributed by atoms with Gasteiger partial charge in [0.25, 0.3) is 6.47 Å². The van der Waals surface area contributed by atoms with Crippen molar-refractivity contribution in [2.75, 3.05) is 18.0 Å². The molecule has 0 saturated carbocycles. The Bertz CT molecular complexity index is 1090. The topological polar surface area (TPSA) is 112 Å². The number of benzene rings is 1. The number of ether oxygens (including phenoxy) is 1. The van der Waals surface area contributed by atoms with Crippen LogP contribution in [0.1, 0.15) is 42.1 Å². The van der Waals surface area contributed by atoms with E-state index < -0.39 is 16.4 Å². The zero-order valence-electron chi connectivity index (χ0n) is 18.5. The van der Waals surface area contributed by atoms with Crippen LogP contribution in [0.25, 0.3) is 0 Å². The number of hydrogen-bond acceptors (Lipinski definition) is 7. The first kappa shape index (κ1) is 24.7. The zero-order chi connectivity index (χ0) is 24.0. The van der Waals surface area contributed by atoms with E-state index >= 15 is 0 Å². The second-order valence-electron chi connectivity index (χ2n) is 8.24. The van der Waals surface area contributed by atoms with E-state index in [0.717, 1.165) is 11.1 Å². The van der Waals surface area contributed by atoms with E-state index in [1.54, 1.807) is 30.3 Å². The molecule has 1 aliphatic heterocycles. The molecule has 1 amide bonds. The number of nitrogens with one attached hydrogen (secondary N) is 1. The van der Waals surface area contributed by atoms with Gasteiger partial charge in [-0.2, -0.15) is 5.26 Å². The maximum atomic E-state index is 12.9. The molecule has 2 aromatic rings. The van der Waals surface area contributed by atoms with Crippen molar-refractivity contribution < 1.29 is 18.5 Å². The maximum absolute atomic E-state index is 12.9. The Labute approximate surface area is 200 Å². The van der Waals surface area contributed by atoms with E-state index in [9.17, 15) is 19.1 Å². The Balaban J connectivity index is 1.64. The highest BCUT2D eigenvalue weighted by Gasteiger charge is 2.38. The van der Waals surface area contributed by atoms with Crippen molar-refractivity contribution in [3.05, 3.63) is 57.7 Å². The molecule has 1 atom stereocenters. The van der Waals surface area contributed by atoms with Gasteiger partial charge in [0.2, 0.25) is 5.91 Å². The molecule has 0 aliphatic carbocycles. The summed E-state index contributed by atoms with van der Waals surface area (Å²) >= 11 is 5.87. The first-order chi connectivity index (χ1) is 15.8. The molecule has 33 heavy (non-hydrogen) atoms. The van der Waals surface area contributed by atoms with Gasteiger partial charge in [0.1, 0.15) is 29.5 Å². The Morgan fingerprint density at radius 2 is 2.03 bits per heavy atom. The standard InChI is InChI=1S/C23H25ClN4O4S/c1-16-11-18(12-25)21(26-20(16)13-32-15-29)28-9-7-23(2,8-10-28)22(30)27-33(31)14-17-3-5-19(24)6-4-17/h3-6,11,15H,7-10,13-14H2,1-2H3,(H,27,30). The second-order valence-corrected chi connectivity index (χ2v) is 9.86. The van der Waals surface area contributed by atoms with Crippen molar-refractivity contribution in [3.8, 4) is 6.07 Å². The van der Waals surface area contributed by atoms with Crippen molar-refractivity contribution in [2.45, 2.75) is 39.0 Å². The van der Waals surface area contributed by atoms with Gasteiger partial charge in [0.15, 0.2) is 0 Å². The molecule has 1 fully saturated rings. The summed E-state index contributed by atoms with van der Waals surface area (Å²) in [6, 6.07) is 10.9. The molecule has 8 nitrogen and oxygen atoms in total. The van der Waals surface area contributed by atoms with Gasteiger partial charge in [-0.25, -0.2) is 9.19 Å². The third-order valence-corrected chi connectivity index (χ3v) is 7.10. The van der Waals surface area contributed by atoms with Crippen LogP contribution >= 0.6 is 11.6 Å². The van der Waals surface area contributed by atoms with Gasteiger partial charge in [0, 0.05) is 18.1 Å². The van der Waals surface area contributed by atoms with Gasteiger partial charge in [-0.05, 0) is 49.1 Å². The number of rotatable bonds is 8. The molecular weight excluding hydrogens is 464 g/mol. The third-order valence-electron chi connectivity index (χ3n) is 5.84. The van der Waals surface area contributed by atoms with Crippen LogP contribution in [-0.4, -0.2) is 34.7 Å². The van der Waals surface area contributed by atoms with Crippen LogP contribution < -0.4 is 9.62 Å². The summed E-state index contributed by atoms with van der Waals surface area (Å²) in [7, 11) is -1.55. The monoisotopic (exact) mass is 488 g/mol. The molecule has 0 spiro atoms. The van der Waals surface area contributed by atoms with Crippen LogP contribution in [0.5, 0.6) is 0 Å². The molecule has 1 unspecified atom stereocenters. The first-order valence-electron chi connectivity index (χ1n) is 10.4. The van der Waals surface area contributed by atoms with Gasteiger partial charge < -0.3 is 9.64 Å². The van der Waals surface area contributed by atoms with Crippen LogP contribution in [-0.2, 0) is 37.7 Å². The smallest absolute Gasteiger partial charge is 0.293 e. The van der Waals surface area contributed by atoms with E-state index in [1.807, 2.05) is 18.7 Å². The number of carbonyl (C=O) groups excluding carboxylic acids is 2. The molecule has 0 radical (unpaired) electrons. The number of anilines is 1. The quantitative estimate of drug-likeness (QED) is 0.568. The fraction of sp³-hybridized carbons (Fsp3) is 0.391. The Morgan fingerprint density at radius 1 is 1.36 bits per heavy atom. The van der Waals surface area contributed by atoms with Gasteiger partial charge in [-0.1, -0.05) is 30.7 Å². The SMILES string of the molecule is Cc1cc(C#N)c(N2CCC(C)(C(=O)NS(=O)Cc3ccc(Cl)cc3)CC2)nc1COC=O. The average Bonchev–Trinajstić information content (AvgIpc) is 2.80. The minimum atomic E-state index is -1.55. The number of aromatic nitrogens is 1. The summed E-state index contributed by atoms with van der Waals surface area (Å²) in [5, 5.41) is 10.2. The van der Waals surface area contributed by atoms with Gasteiger partial charge in [0.05, 0.1) is 22.4 Å². The highest BCUT2D eigenvalue weighted by atomic mass is 35.5. The highest BCUT2D eigenvalue weighted by molar-refractivity contribution is 7.82. The number of amides is 1. The van der Waals surface area contributed by atoms with Gasteiger partial charge in [-0.3, -0.25) is 14.3 Å². The predicted octanol–water partition coefficient (Wildman–Crippen LogP) is 3.17. The number of hydrogen-bond donors (Lipinski definition) is 1. The lowest BCUT2D eigenvalue weighted by atomic mass is 9.79. The third kappa shape index (κ3) is 6.09. The van der Waals surface area contributed by atoms with Crippen molar-refractivity contribution in [1.29, 1.82) is 5.26 Å². The number of aryl methyl sites for hydroxylation is 1. The fourth-order valence-corrected chi connectivity index (χ4v) is 4.80. The molecule has 2 heterocycles. The van der Waals surface area contributed by atoms with Crippen LogP contribution in [0.4, 0.5) is 5.82 Å². The van der Waals surface area contributed by atoms with Crippen LogP contribution in [0.3, 0.4) is 0 Å². The number of nitrogens with zero attached hydrogens (tertiary/aromatic N) is 3. The van der Waals surface area contributed by atoms with E-state index in [0.29, 0.717) is 54.5 Å². The largest absolute Gasteiger partial charge is 0.461 e. The van der Waals surface area contributed by atoms with Crippen LogP contribution in [0.2, 0.25) is 5.02 Å². The zero-order valence-corrected chi connectivity index (χ0v) is 20.0. The molecule has 1 aromatic carbocycles. The van der Waals surface area contributed by atoms with Gasteiger partial charge in [-0.15, -0.1) is 0 Å². The lowest BCUT2D eigenvalue weighted by molar-refractivity contribution is -0.130. The minimum Gasteiger partial charge on any atom is -0.461 e. The molecule has 1 saturated heterocycles. The number of pyridine rings is 1. The van der Waals surface area contributed by atoms with Gasteiger partial charge >= 0.3 is 0 Å². The normalized spacial score (nSPS) is 15.9. The highest BCUT2D eigenvalue weighted by Crippen LogP contribution is 2.34. The molecular formula is C23H25ClN4O4S. The van der Waals surface area contributed by atoms with E-state index in [-0.39, 0.29) is 18.3 Å². The van der Waals surface area contributed by atoms with Crippen molar-refractivity contribution in [2.24, 2.45) is 5.41 Å². The number of halogens is 1. The molecule has 0 bridgehead atoms. The Kier molecular flexibility index (Phi) is 8.06. The van der Waals surface area contributed by atoms with Crippen molar-refractivity contribution >= 4 is 40.8 Å². The lowest BCUT2D eigenvalue weighted by Crippen LogP contribution is -2.48. The fourth-order valence-electron chi connectivity index (χ4n) is 3.66. The number of piperidine rings is 1. The summed E-state index contributed by atoms with van der Waals surface area (Å²) in [6.07, 6.45) is 1.02. The summed E-state index contributed by atoms with van der Waals surface area (Å²) in [6.45, 7) is 5.07. The lowest BCUT2D eigenvalue weighted by Gasteiger charge is -2.39. The first-order valence-corrected chi connectivity index (χ1v) is 12.1. The Hall–Kier alpha value is -2.96. The second kappa shape index (κ2) is 10.8. The van der Waals surface area contributed by atoms with Crippen LogP contribution in [0, 0.1) is 23.7 Å². The van der Waals surface area contributed by atoms with Crippen molar-refractivity contribution in [3.63, 3.8) is 0 Å². The number of nitriles is 1. The average molecular weight is 489 g/mol. The Morgan fingerprint density at radius 3 is 2.64 bits per heavy atom. The molecule has 3 rings (SSSR count). The van der Waals surface area contributed by atoms with Crippen molar-refractivity contribution in [1.82, 2.24) is 9.71 Å². The molecule has 1 N–H and O–H groups in total. The molecule has 10 heteroatoms. The summed E-state index contributed by atoms with van der Waals surface area (Å²) in [4.78, 5) is 30.0. The summed E-state index contributed by atoms with van der Waals surface area (Å²) in [5.74, 6) is 0.462. The van der Waals surface area contributed by atoms with E-state index in [1.165, 1.54) is 0 Å². The molecule has 1 aliphatic rings. The summed E-state index contributed by atoms with van der Waals surface area (Å²) in [5.41, 5.74) is 1.91. The number of carbonyl (C=O) groups is 2.